The van der Waals surface area contributed by atoms with Gasteiger partial charge in [0, 0.05) is 5.02 Å². The summed E-state index contributed by atoms with van der Waals surface area (Å²) in [6, 6.07) is 2.27. The molecule has 2 nitrogen and oxygen atoms in total. The second kappa shape index (κ2) is 5.47. The first-order valence-corrected chi connectivity index (χ1v) is 5.82. The molecule has 18 heavy (non-hydrogen) atoms. The molecule has 0 radical (unpaired) electrons. The van der Waals surface area contributed by atoms with Gasteiger partial charge in [0.15, 0.2) is 0 Å². The predicted octanol–water partition coefficient (Wildman–Crippen LogP) is 3.38. The lowest BCUT2D eigenvalue weighted by molar-refractivity contribution is -0.138. The zero-order valence-electron chi connectivity index (χ0n) is 10.0. The van der Waals surface area contributed by atoms with Crippen molar-refractivity contribution in [2.24, 2.45) is 11.7 Å². The van der Waals surface area contributed by atoms with Crippen molar-refractivity contribution < 1.29 is 18.3 Å². The molecule has 0 fully saturated rings. The first-order chi connectivity index (χ1) is 8.14. The van der Waals surface area contributed by atoms with Crippen LogP contribution in [0.15, 0.2) is 18.2 Å². The summed E-state index contributed by atoms with van der Waals surface area (Å²) < 4.78 is 38.6. The summed E-state index contributed by atoms with van der Waals surface area (Å²) in [7, 11) is 0. The lowest BCUT2D eigenvalue weighted by Gasteiger charge is -2.25. The number of rotatable bonds is 3. The van der Waals surface area contributed by atoms with Crippen LogP contribution in [-0.4, -0.2) is 11.2 Å². The molecule has 0 aliphatic heterocycles. The molecule has 0 aliphatic rings. The Kier molecular flexibility index (Phi) is 4.64. The van der Waals surface area contributed by atoms with Gasteiger partial charge >= 0.3 is 6.18 Å². The monoisotopic (exact) mass is 281 g/mol. The van der Waals surface area contributed by atoms with Crippen molar-refractivity contribution in [1.29, 1.82) is 0 Å². The molecule has 0 unspecified atom stereocenters. The zero-order chi connectivity index (χ0) is 14.1. The Morgan fingerprint density at radius 3 is 2.28 bits per heavy atom. The molecule has 1 aromatic rings. The molecule has 1 rings (SSSR count). The average molecular weight is 282 g/mol. The van der Waals surface area contributed by atoms with Crippen molar-refractivity contribution in [2.75, 3.05) is 0 Å². The largest absolute Gasteiger partial charge is 0.416 e. The summed E-state index contributed by atoms with van der Waals surface area (Å²) in [5.41, 5.74) is 4.65. The maximum atomic E-state index is 12.9. The quantitative estimate of drug-likeness (QED) is 0.892. The molecule has 0 heterocycles. The Bertz CT molecular complexity index is 420. The SMILES string of the molecule is CC(C)[C@@H](O)[C@@H](N)c1ccc(Cl)cc1C(F)(F)F. The van der Waals surface area contributed by atoms with E-state index in [0.717, 1.165) is 6.07 Å². The van der Waals surface area contributed by atoms with Gasteiger partial charge in [-0.1, -0.05) is 31.5 Å². The maximum absolute atomic E-state index is 12.9. The third-order valence-electron chi connectivity index (χ3n) is 2.73. The number of nitrogens with two attached hydrogens (primary N) is 1. The third kappa shape index (κ3) is 3.37. The smallest absolute Gasteiger partial charge is 0.391 e. The van der Waals surface area contributed by atoms with Gasteiger partial charge in [0.05, 0.1) is 17.7 Å². The van der Waals surface area contributed by atoms with Crippen LogP contribution in [0.5, 0.6) is 0 Å². The zero-order valence-corrected chi connectivity index (χ0v) is 10.8. The molecule has 0 saturated carbocycles. The van der Waals surface area contributed by atoms with Gasteiger partial charge in [0.25, 0.3) is 0 Å². The molecule has 2 atom stereocenters. The first-order valence-electron chi connectivity index (χ1n) is 5.45. The summed E-state index contributed by atoms with van der Waals surface area (Å²) in [5, 5.41) is 9.77. The molecule has 6 heteroatoms. The van der Waals surface area contributed by atoms with Gasteiger partial charge in [-0.15, -0.1) is 0 Å². The van der Waals surface area contributed by atoms with Crippen molar-refractivity contribution in [2.45, 2.75) is 32.2 Å². The van der Waals surface area contributed by atoms with Crippen molar-refractivity contribution in [3.8, 4) is 0 Å². The van der Waals surface area contributed by atoms with Gasteiger partial charge in [-0.3, -0.25) is 0 Å². The summed E-state index contributed by atoms with van der Waals surface area (Å²) >= 11 is 5.57. The average Bonchev–Trinajstić information content (AvgIpc) is 2.25. The summed E-state index contributed by atoms with van der Waals surface area (Å²) in [6.45, 7) is 3.38. The van der Waals surface area contributed by atoms with Crippen molar-refractivity contribution in [3.63, 3.8) is 0 Å². The Labute approximate surface area is 109 Å². The number of alkyl halides is 3. The molecule has 0 aliphatic carbocycles. The molecule has 102 valence electrons. The summed E-state index contributed by atoms with van der Waals surface area (Å²) in [4.78, 5) is 0. The van der Waals surface area contributed by atoms with E-state index < -0.39 is 23.9 Å². The summed E-state index contributed by atoms with van der Waals surface area (Å²) in [6.07, 6.45) is -5.60. The second-order valence-corrected chi connectivity index (χ2v) is 4.93. The lowest BCUT2D eigenvalue weighted by atomic mass is 9.91. The standard InChI is InChI=1S/C12H15ClF3NO/c1-6(2)11(18)10(17)8-4-3-7(13)5-9(8)12(14,15)16/h3-6,10-11,18H,17H2,1-2H3/t10-,11+/m0/s1. The van der Waals surface area contributed by atoms with Gasteiger partial charge in [-0.05, 0) is 23.6 Å². The molecule has 0 bridgehead atoms. The predicted molar refractivity (Wildman–Crippen MR) is 64.2 cm³/mol. The van der Waals surface area contributed by atoms with E-state index in [2.05, 4.69) is 0 Å². The third-order valence-corrected chi connectivity index (χ3v) is 2.97. The van der Waals surface area contributed by atoms with Gasteiger partial charge in [0.2, 0.25) is 0 Å². The van der Waals surface area contributed by atoms with Gasteiger partial charge in [0.1, 0.15) is 0 Å². The first kappa shape index (κ1) is 15.3. The van der Waals surface area contributed by atoms with Crippen LogP contribution in [-0.2, 0) is 6.18 Å². The van der Waals surface area contributed by atoms with Gasteiger partial charge in [-0.2, -0.15) is 13.2 Å². The molecule has 3 N–H and O–H groups in total. The Morgan fingerprint density at radius 1 is 1.28 bits per heavy atom. The Balaban J connectivity index is 3.24. The van der Waals surface area contributed by atoms with E-state index >= 15 is 0 Å². The highest BCUT2D eigenvalue weighted by molar-refractivity contribution is 6.30. The van der Waals surface area contributed by atoms with Crippen LogP contribution in [0.1, 0.15) is 31.0 Å². The van der Waals surface area contributed by atoms with Gasteiger partial charge in [-0.25, -0.2) is 0 Å². The van der Waals surface area contributed by atoms with E-state index in [4.69, 9.17) is 17.3 Å². The van der Waals surface area contributed by atoms with Crippen LogP contribution in [0, 0.1) is 5.92 Å². The lowest BCUT2D eigenvalue weighted by Crippen LogP contribution is -2.32. The highest BCUT2D eigenvalue weighted by Gasteiger charge is 2.36. The second-order valence-electron chi connectivity index (χ2n) is 4.49. The number of hydrogen-bond donors (Lipinski definition) is 2. The summed E-state index contributed by atoms with van der Waals surface area (Å²) in [5.74, 6) is -0.239. The van der Waals surface area contributed by atoms with E-state index in [1.807, 2.05) is 0 Å². The number of aliphatic hydroxyl groups excluding tert-OH is 1. The van der Waals surface area contributed by atoms with Crippen LogP contribution in [0.25, 0.3) is 0 Å². The minimum absolute atomic E-state index is 0.0164. The van der Waals surface area contributed by atoms with E-state index in [-0.39, 0.29) is 16.5 Å². The number of benzene rings is 1. The highest BCUT2D eigenvalue weighted by atomic mass is 35.5. The van der Waals surface area contributed by atoms with Crippen LogP contribution >= 0.6 is 11.6 Å². The minimum Gasteiger partial charge on any atom is -0.391 e. The maximum Gasteiger partial charge on any atom is 0.416 e. The molecule has 1 aromatic carbocycles. The Hall–Kier alpha value is -0.780. The number of hydrogen-bond acceptors (Lipinski definition) is 2. The molecular weight excluding hydrogens is 267 g/mol. The number of halogens is 4. The van der Waals surface area contributed by atoms with E-state index in [1.165, 1.54) is 12.1 Å². The van der Waals surface area contributed by atoms with Crippen LogP contribution in [0.4, 0.5) is 13.2 Å². The van der Waals surface area contributed by atoms with E-state index in [9.17, 15) is 18.3 Å². The molecule has 0 amide bonds. The fourth-order valence-corrected chi connectivity index (χ4v) is 1.84. The topological polar surface area (TPSA) is 46.2 Å². The van der Waals surface area contributed by atoms with Crippen LogP contribution in [0.3, 0.4) is 0 Å². The normalized spacial score (nSPS) is 15.8. The van der Waals surface area contributed by atoms with Crippen LogP contribution in [0.2, 0.25) is 5.02 Å². The molecule has 0 aromatic heterocycles. The molecule has 0 saturated heterocycles. The Morgan fingerprint density at radius 2 is 1.83 bits per heavy atom. The van der Waals surface area contributed by atoms with Crippen molar-refractivity contribution in [1.82, 2.24) is 0 Å². The highest BCUT2D eigenvalue weighted by Crippen LogP contribution is 2.37. The fourth-order valence-electron chi connectivity index (χ4n) is 1.66. The van der Waals surface area contributed by atoms with E-state index in [1.54, 1.807) is 13.8 Å². The molecule has 0 spiro atoms. The molecular formula is C12H15ClF3NO. The minimum atomic E-state index is -4.55. The van der Waals surface area contributed by atoms with Crippen molar-refractivity contribution in [3.05, 3.63) is 34.3 Å². The van der Waals surface area contributed by atoms with Gasteiger partial charge < -0.3 is 10.8 Å². The number of aliphatic hydroxyl groups is 1. The van der Waals surface area contributed by atoms with E-state index in [0.29, 0.717) is 0 Å². The fraction of sp³-hybridized carbons (Fsp3) is 0.500. The van der Waals surface area contributed by atoms with Crippen LogP contribution < -0.4 is 5.73 Å². The van der Waals surface area contributed by atoms with Crippen molar-refractivity contribution >= 4 is 11.6 Å².